The number of amides is 1. The molecule has 0 unspecified atom stereocenters. The fourth-order valence-electron chi connectivity index (χ4n) is 3.10. The fourth-order valence-corrected chi connectivity index (χ4v) is 4.35. The van der Waals surface area contributed by atoms with Gasteiger partial charge in [0.1, 0.15) is 17.2 Å². The molecule has 112 valence electrons. The van der Waals surface area contributed by atoms with Crippen LogP contribution in [-0.2, 0) is 22.4 Å². The van der Waals surface area contributed by atoms with Crippen LogP contribution in [0.3, 0.4) is 0 Å². The van der Waals surface area contributed by atoms with Crippen molar-refractivity contribution < 1.29 is 9.53 Å². The van der Waals surface area contributed by atoms with Crippen LogP contribution in [0.5, 0.6) is 0 Å². The van der Waals surface area contributed by atoms with Crippen molar-refractivity contribution in [3.8, 4) is 6.07 Å². The normalized spacial score (nSPS) is 22.0. The van der Waals surface area contributed by atoms with Crippen LogP contribution in [-0.4, -0.2) is 18.6 Å². The van der Waals surface area contributed by atoms with E-state index in [0.717, 1.165) is 37.1 Å². The number of carbonyl (C=O) groups is 1. The zero-order valence-corrected chi connectivity index (χ0v) is 12.9. The van der Waals surface area contributed by atoms with E-state index >= 15 is 0 Å². The minimum Gasteiger partial charge on any atom is -0.368 e. The Bertz CT molecular complexity index is 568. The van der Waals surface area contributed by atoms with E-state index in [1.807, 2.05) is 0 Å². The highest BCUT2D eigenvalue weighted by Gasteiger charge is 2.26. The van der Waals surface area contributed by atoms with Crippen LogP contribution in [0.4, 0.5) is 5.00 Å². The van der Waals surface area contributed by atoms with Gasteiger partial charge in [-0.05, 0) is 44.1 Å². The topological polar surface area (TPSA) is 62.1 Å². The lowest BCUT2D eigenvalue weighted by Gasteiger charge is -2.09. The van der Waals surface area contributed by atoms with Crippen molar-refractivity contribution in [3.63, 3.8) is 0 Å². The summed E-state index contributed by atoms with van der Waals surface area (Å²) in [7, 11) is 0. The van der Waals surface area contributed by atoms with Gasteiger partial charge in [-0.2, -0.15) is 5.26 Å². The summed E-state index contributed by atoms with van der Waals surface area (Å²) in [5.41, 5.74) is 1.85. The number of ether oxygens (including phenoxy) is 1. The van der Waals surface area contributed by atoms with Gasteiger partial charge in [-0.15, -0.1) is 11.3 Å². The molecule has 1 aromatic heterocycles. The zero-order valence-electron chi connectivity index (χ0n) is 12.1. The number of nitrogens with one attached hydrogen (secondary N) is 1. The van der Waals surface area contributed by atoms with Crippen molar-refractivity contribution >= 4 is 22.2 Å². The molecule has 1 aliphatic heterocycles. The molecule has 5 heteroatoms. The Hall–Kier alpha value is -1.38. The molecule has 0 radical (unpaired) electrons. The Balaban J connectivity index is 1.82. The highest BCUT2D eigenvalue weighted by Crippen LogP contribution is 2.36. The third kappa shape index (κ3) is 3.12. The standard InChI is InChI=1S/C16H20N2O2S/c17-10-12-11-6-3-1-2-4-8-14(11)21-16(12)18-15(19)13-7-5-9-20-13/h13H,1-9H2,(H,18,19)/t13-/m1/s1. The molecule has 1 aliphatic carbocycles. The van der Waals surface area contributed by atoms with Crippen LogP contribution < -0.4 is 5.32 Å². The Labute approximate surface area is 129 Å². The molecule has 0 spiro atoms. The first-order valence-corrected chi connectivity index (χ1v) is 8.58. The third-order valence-electron chi connectivity index (χ3n) is 4.24. The van der Waals surface area contributed by atoms with E-state index in [0.29, 0.717) is 12.2 Å². The molecule has 1 saturated heterocycles. The Morgan fingerprint density at radius 1 is 1.24 bits per heavy atom. The minimum absolute atomic E-state index is 0.0989. The number of thiophene rings is 1. The Morgan fingerprint density at radius 2 is 2.05 bits per heavy atom. The molecule has 1 amide bonds. The molecule has 1 atom stereocenters. The van der Waals surface area contributed by atoms with Gasteiger partial charge in [0.05, 0.1) is 5.56 Å². The van der Waals surface area contributed by atoms with Crippen LogP contribution >= 0.6 is 11.3 Å². The Morgan fingerprint density at radius 3 is 2.76 bits per heavy atom. The SMILES string of the molecule is N#Cc1c(NC(=O)[C@H]2CCCO2)sc2c1CCCCCC2. The summed E-state index contributed by atoms with van der Waals surface area (Å²) in [4.78, 5) is 13.5. The number of aryl methyl sites for hydroxylation is 1. The monoisotopic (exact) mass is 304 g/mol. The first-order valence-electron chi connectivity index (χ1n) is 7.76. The van der Waals surface area contributed by atoms with Crippen LogP contribution in [0.1, 0.15) is 54.5 Å². The number of hydrogen-bond donors (Lipinski definition) is 1. The summed E-state index contributed by atoms with van der Waals surface area (Å²) in [6.45, 7) is 0.657. The molecule has 1 N–H and O–H groups in total. The van der Waals surface area contributed by atoms with Gasteiger partial charge in [0.25, 0.3) is 5.91 Å². The van der Waals surface area contributed by atoms with Gasteiger partial charge >= 0.3 is 0 Å². The summed E-state index contributed by atoms with van der Waals surface area (Å²) in [5.74, 6) is -0.0989. The predicted molar refractivity (Wildman–Crippen MR) is 82.5 cm³/mol. The predicted octanol–water partition coefficient (Wildman–Crippen LogP) is 3.40. The third-order valence-corrected chi connectivity index (χ3v) is 5.45. The van der Waals surface area contributed by atoms with E-state index in [1.165, 1.54) is 29.7 Å². The molecule has 1 fully saturated rings. The van der Waals surface area contributed by atoms with E-state index in [-0.39, 0.29) is 12.0 Å². The first-order chi connectivity index (χ1) is 10.3. The quantitative estimate of drug-likeness (QED) is 0.911. The molecule has 21 heavy (non-hydrogen) atoms. The van der Waals surface area contributed by atoms with Crippen LogP contribution in [0, 0.1) is 11.3 Å². The first kappa shape index (κ1) is 14.6. The number of nitrogens with zero attached hydrogens (tertiary/aromatic N) is 1. The molecule has 0 saturated carbocycles. The van der Waals surface area contributed by atoms with Gasteiger partial charge in [-0.25, -0.2) is 0 Å². The van der Waals surface area contributed by atoms with Gasteiger partial charge in [0, 0.05) is 11.5 Å². The van der Waals surface area contributed by atoms with Crippen molar-refractivity contribution in [2.24, 2.45) is 0 Å². The summed E-state index contributed by atoms with van der Waals surface area (Å²) in [6.07, 6.45) is 8.17. The number of anilines is 1. The Kier molecular flexibility index (Phi) is 4.57. The second-order valence-electron chi connectivity index (χ2n) is 5.72. The van der Waals surface area contributed by atoms with Crippen molar-refractivity contribution in [2.75, 3.05) is 11.9 Å². The highest BCUT2D eigenvalue weighted by atomic mass is 32.1. The molecule has 0 bridgehead atoms. The van der Waals surface area contributed by atoms with Crippen molar-refractivity contribution in [1.29, 1.82) is 5.26 Å². The van der Waals surface area contributed by atoms with E-state index in [4.69, 9.17) is 4.74 Å². The van der Waals surface area contributed by atoms with Gasteiger partial charge in [-0.1, -0.05) is 12.8 Å². The number of nitriles is 1. The highest BCUT2D eigenvalue weighted by molar-refractivity contribution is 7.16. The number of fused-ring (bicyclic) bond motifs is 1. The second kappa shape index (κ2) is 6.59. The molecule has 4 nitrogen and oxygen atoms in total. The summed E-state index contributed by atoms with van der Waals surface area (Å²) < 4.78 is 5.41. The number of hydrogen-bond acceptors (Lipinski definition) is 4. The summed E-state index contributed by atoms with van der Waals surface area (Å²) in [6, 6.07) is 2.30. The second-order valence-corrected chi connectivity index (χ2v) is 6.83. The largest absolute Gasteiger partial charge is 0.368 e. The van der Waals surface area contributed by atoms with Gasteiger partial charge in [0.15, 0.2) is 0 Å². The maximum atomic E-state index is 12.2. The van der Waals surface area contributed by atoms with Crippen LogP contribution in [0.2, 0.25) is 0 Å². The smallest absolute Gasteiger partial charge is 0.254 e. The van der Waals surface area contributed by atoms with Gasteiger partial charge in [-0.3, -0.25) is 4.79 Å². The van der Waals surface area contributed by atoms with Crippen molar-refractivity contribution in [1.82, 2.24) is 0 Å². The summed E-state index contributed by atoms with van der Waals surface area (Å²) in [5, 5.41) is 13.1. The average molecular weight is 304 g/mol. The number of rotatable bonds is 2. The lowest BCUT2D eigenvalue weighted by Crippen LogP contribution is -2.26. The van der Waals surface area contributed by atoms with Crippen LogP contribution in [0.25, 0.3) is 0 Å². The van der Waals surface area contributed by atoms with E-state index in [2.05, 4.69) is 11.4 Å². The van der Waals surface area contributed by atoms with Crippen molar-refractivity contribution in [3.05, 3.63) is 16.0 Å². The lowest BCUT2D eigenvalue weighted by atomic mass is 9.97. The zero-order chi connectivity index (χ0) is 14.7. The summed E-state index contributed by atoms with van der Waals surface area (Å²) >= 11 is 1.59. The minimum atomic E-state index is -0.346. The fraction of sp³-hybridized carbons (Fsp3) is 0.625. The van der Waals surface area contributed by atoms with E-state index in [9.17, 15) is 10.1 Å². The maximum Gasteiger partial charge on any atom is 0.254 e. The number of carbonyl (C=O) groups excluding carboxylic acids is 1. The molecule has 3 rings (SSSR count). The molecule has 1 aromatic rings. The molecule has 0 aromatic carbocycles. The maximum absolute atomic E-state index is 12.2. The average Bonchev–Trinajstić information content (AvgIpc) is 3.07. The van der Waals surface area contributed by atoms with Crippen LogP contribution in [0.15, 0.2) is 0 Å². The van der Waals surface area contributed by atoms with Gasteiger partial charge in [0.2, 0.25) is 0 Å². The molecule has 2 aliphatic rings. The lowest BCUT2D eigenvalue weighted by molar-refractivity contribution is -0.124. The molecular weight excluding hydrogens is 284 g/mol. The molecular formula is C16H20N2O2S. The van der Waals surface area contributed by atoms with Gasteiger partial charge < -0.3 is 10.1 Å². The van der Waals surface area contributed by atoms with Crippen molar-refractivity contribution in [2.45, 2.75) is 57.5 Å². The van der Waals surface area contributed by atoms with E-state index in [1.54, 1.807) is 11.3 Å². The molecule has 2 heterocycles. The van der Waals surface area contributed by atoms with E-state index < -0.39 is 0 Å².